The van der Waals surface area contributed by atoms with Crippen LogP contribution in [0.4, 0.5) is 0 Å². The van der Waals surface area contributed by atoms with Gasteiger partial charge in [-0.3, -0.25) is 9.63 Å². The van der Waals surface area contributed by atoms with Gasteiger partial charge in [-0.05, 0) is 11.0 Å². The lowest BCUT2D eigenvalue weighted by Crippen LogP contribution is -2.46. The van der Waals surface area contributed by atoms with Crippen molar-refractivity contribution < 1.29 is 14.7 Å². The molecule has 1 aromatic rings. The van der Waals surface area contributed by atoms with Crippen molar-refractivity contribution in [3.05, 3.63) is 35.9 Å². The number of hydroxylamine groups is 1. The lowest BCUT2D eigenvalue weighted by Gasteiger charge is -2.27. The van der Waals surface area contributed by atoms with Gasteiger partial charge in [0.1, 0.15) is 6.04 Å². The molecule has 0 fully saturated rings. The average molecular weight is 237 g/mol. The first-order valence-electron chi connectivity index (χ1n) is 5.55. The number of rotatable bonds is 5. The van der Waals surface area contributed by atoms with Crippen molar-refractivity contribution in [3.8, 4) is 0 Å². The van der Waals surface area contributed by atoms with Crippen molar-refractivity contribution in [2.75, 3.05) is 0 Å². The molecule has 17 heavy (non-hydrogen) atoms. The molecule has 2 N–H and O–H groups in total. The van der Waals surface area contributed by atoms with Crippen LogP contribution >= 0.6 is 0 Å². The van der Waals surface area contributed by atoms with Gasteiger partial charge in [0.05, 0.1) is 6.61 Å². The fourth-order valence-electron chi connectivity index (χ4n) is 1.38. The van der Waals surface area contributed by atoms with Gasteiger partial charge in [-0.25, -0.2) is 0 Å². The molecule has 0 saturated heterocycles. The Bertz CT molecular complexity index is 357. The van der Waals surface area contributed by atoms with Crippen molar-refractivity contribution in [2.45, 2.75) is 33.4 Å². The number of benzene rings is 1. The summed E-state index contributed by atoms with van der Waals surface area (Å²) in [5.41, 5.74) is 3.21. The molecular formula is C13H19NO3. The number of hydrogen-bond acceptors (Lipinski definition) is 3. The maximum absolute atomic E-state index is 11.0. The van der Waals surface area contributed by atoms with Gasteiger partial charge in [-0.15, -0.1) is 0 Å². The molecule has 0 spiro atoms. The standard InChI is InChI=1S/C13H19NO3/c1-13(2,3)11(12(15)16)14-17-9-10-7-5-4-6-8-10/h4-8,11,14H,9H2,1-3H3,(H,15,16)/t11-/m0/s1. The number of carboxylic acid groups (broad SMARTS) is 1. The molecule has 0 bridgehead atoms. The normalized spacial score (nSPS) is 13.4. The molecule has 0 heterocycles. The summed E-state index contributed by atoms with van der Waals surface area (Å²) in [6.07, 6.45) is 0. The predicted molar refractivity (Wildman–Crippen MR) is 65.2 cm³/mol. The van der Waals surface area contributed by atoms with E-state index in [1.165, 1.54) is 0 Å². The third-order valence-electron chi connectivity index (χ3n) is 2.40. The zero-order valence-corrected chi connectivity index (χ0v) is 10.4. The van der Waals surface area contributed by atoms with Crippen LogP contribution in [0.25, 0.3) is 0 Å². The lowest BCUT2D eigenvalue weighted by atomic mass is 9.87. The summed E-state index contributed by atoms with van der Waals surface area (Å²) in [6, 6.07) is 8.87. The summed E-state index contributed by atoms with van der Waals surface area (Å²) < 4.78 is 0. The van der Waals surface area contributed by atoms with Gasteiger partial charge in [0.25, 0.3) is 0 Å². The van der Waals surface area contributed by atoms with Crippen LogP contribution in [0.15, 0.2) is 30.3 Å². The van der Waals surface area contributed by atoms with Crippen molar-refractivity contribution >= 4 is 5.97 Å². The second-order valence-corrected chi connectivity index (χ2v) is 5.03. The summed E-state index contributed by atoms with van der Waals surface area (Å²) in [6.45, 7) is 5.90. The Kier molecular flexibility index (Phi) is 4.66. The lowest BCUT2D eigenvalue weighted by molar-refractivity contribution is -0.149. The maximum atomic E-state index is 11.0. The SMILES string of the molecule is CC(C)(C)[C@@H](NOCc1ccccc1)C(=O)O. The summed E-state index contributed by atoms with van der Waals surface area (Å²) >= 11 is 0. The van der Waals surface area contributed by atoms with E-state index in [9.17, 15) is 4.79 Å². The molecule has 0 aliphatic rings. The molecular weight excluding hydrogens is 218 g/mol. The van der Waals surface area contributed by atoms with E-state index in [-0.39, 0.29) is 0 Å². The molecule has 0 saturated carbocycles. The number of carboxylic acids is 1. The topological polar surface area (TPSA) is 58.6 Å². The maximum Gasteiger partial charge on any atom is 0.323 e. The third kappa shape index (κ3) is 4.54. The Hall–Kier alpha value is -1.39. The van der Waals surface area contributed by atoms with Gasteiger partial charge >= 0.3 is 5.97 Å². The number of aliphatic carboxylic acids is 1. The van der Waals surface area contributed by atoms with Crippen LogP contribution in [-0.2, 0) is 16.2 Å². The monoisotopic (exact) mass is 237 g/mol. The Labute approximate surface area is 102 Å². The molecule has 1 aromatic carbocycles. The van der Waals surface area contributed by atoms with E-state index >= 15 is 0 Å². The van der Waals surface area contributed by atoms with Crippen molar-refractivity contribution in [2.24, 2.45) is 5.41 Å². The van der Waals surface area contributed by atoms with E-state index in [1.807, 2.05) is 51.1 Å². The van der Waals surface area contributed by atoms with Gasteiger partial charge in [-0.1, -0.05) is 51.1 Å². The molecule has 4 nitrogen and oxygen atoms in total. The predicted octanol–water partition coefficient (Wildman–Crippen LogP) is 2.21. The first-order chi connectivity index (χ1) is 7.91. The number of carbonyl (C=O) groups is 1. The first kappa shape index (κ1) is 13.7. The van der Waals surface area contributed by atoms with Gasteiger partial charge < -0.3 is 5.11 Å². The highest BCUT2D eigenvalue weighted by atomic mass is 16.6. The summed E-state index contributed by atoms with van der Waals surface area (Å²) in [5.74, 6) is -0.912. The van der Waals surface area contributed by atoms with Crippen LogP contribution in [0.1, 0.15) is 26.3 Å². The number of hydrogen-bond donors (Lipinski definition) is 2. The van der Waals surface area contributed by atoms with Gasteiger partial charge in [0.15, 0.2) is 0 Å². The second-order valence-electron chi connectivity index (χ2n) is 5.03. The minimum Gasteiger partial charge on any atom is -0.480 e. The Morgan fingerprint density at radius 2 is 1.94 bits per heavy atom. The first-order valence-corrected chi connectivity index (χ1v) is 5.55. The highest BCUT2D eigenvalue weighted by molar-refractivity contribution is 5.74. The molecule has 94 valence electrons. The van der Waals surface area contributed by atoms with E-state index in [0.29, 0.717) is 6.61 Å². The van der Waals surface area contributed by atoms with Crippen LogP contribution in [0.2, 0.25) is 0 Å². The minimum atomic E-state index is -0.912. The largest absolute Gasteiger partial charge is 0.480 e. The van der Waals surface area contributed by atoms with Crippen molar-refractivity contribution in [3.63, 3.8) is 0 Å². The average Bonchev–Trinajstić information content (AvgIpc) is 2.23. The fourth-order valence-corrected chi connectivity index (χ4v) is 1.38. The summed E-state index contributed by atoms with van der Waals surface area (Å²) in [4.78, 5) is 16.3. The van der Waals surface area contributed by atoms with Crippen molar-refractivity contribution in [1.82, 2.24) is 5.48 Å². The molecule has 1 rings (SSSR count). The highest BCUT2D eigenvalue weighted by Gasteiger charge is 2.31. The smallest absolute Gasteiger partial charge is 0.323 e. The Morgan fingerprint density at radius 1 is 1.35 bits per heavy atom. The molecule has 4 heteroatoms. The molecule has 1 atom stereocenters. The van der Waals surface area contributed by atoms with Crippen LogP contribution in [-0.4, -0.2) is 17.1 Å². The quantitative estimate of drug-likeness (QED) is 0.771. The highest BCUT2D eigenvalue weighted by Crippen LogP contribution is 2.19. The number of nitrogens with one attached hydrogen (secondary N) is 1. The van der Waals surface area contributed by atoms with E-state index in [0.717, 1.165) is 5.56 Å². The molecule has 0 radical (unpaired) electrons. The van der Waals surface area contributed by atoms with Gasteiger partial charge in [-0.2, -0.15) is 5.48 Å². The molecule has 0 amide bonds. The van der Waals surface area contributed by atoms with Crippen LogP contribution in [0, 0.1) is 5.41 Å². The second kappa shape index (κ2) is 5.80. The molecule has 0 aliphatic carbocycles. The minimum absolute atomic E-state index is 0.348. The fraction of sp³-hybridized carbons (Fsp3) is 0.462. The van der Waals surface area contributed by atoms with E-state index < -0.39 is 17.4 Å². The zero-order chi connectivity index (χ0) is 12.9. The van der Waals surface area contributed by atoms with E-state index in [4.69, 9.17) is 9.94 Å². The van der Waals surface area contributed by atoms with Gasteiger partial charge in [0, 0.05) is 0 Å². The molecule has 0 aromatic heterocycles. The summed E-state index contributed by atoms with van der Waals surface area (Å²) in [5, 5.41) is 9.06. The van der Waals surface area contributed by atoms with Gasteiger partial charge in [0.2, 0.25) is 0 Å². The van der Waals surface area contributed by atoms with Crippen molar-refractivity contribution in [1.29, 1.82) is 0 Å². The zero-order valence-electron chi connectivity index (χ0n) is 10.4. The Morgan fingerprint density at radius 3 is 2.41 bits per heavy atom. The van der Waals surface area contributed by atoms with Crippen LogP contribution < -0.4 is 5.48 Å². The Balaban J connectivity index is 2.46. The van der Waals surface area contributed by atoms with E-state index in [2.05, 4.69) is 5.48 Å². The third-order valence-corrected chi connectivity index (χ3v) is 2.40. The summed E-state index contributed by atoms with van der Waals surface area (Å²) in [7, 11) is 0. The van der Waals surface area contributed by atoms with E-state index in [1.54, 1.807) is 0 Å². The molecule has 0 unspecified atom stereocenters. The molecule has 0 aliphatic heterocycles. The van der Waals surface area contributed by atoms with Crippen LogP contribution in [0.3, 0.4) is 0 Å². The van der Waals surface area contributed by atoms with Crippen LogP contribution in [0.5, 0.6) is 0 Å².